The number of hydrogen-bond acceptors (Lipinski definition) is 4. The summed E-state index contributed by atoms with van der Waals surface area (Å²) in [5.74, 6) is 0.920. The van der Waals surface area contributed by atoms with Gasteiger partial charge in [0.15, 0.2) is 0 Å². The molecule has 1 atom stereocenters. The number of carbonyl (C=O) groups is 1. The fourth-order valence-corrected chi connectivity index (χ4v) is 2.97. The summed E-state index contributed by atoms with van der Waals surface area (Å²) in [7, 11) is 0. The Morgan fingerprint density at radius 2 is 1.75 bits per heavy atom. The normalized spacial score (nSPS) is 12.6. The van der Waals surface area contributed by atoms with E-state index in [4.69, 9.17) is 4.52 Å². The fourth-order valence-electron chi connectivity index (χ4n) is 2.97. The second-order valence-electron chi connectivity index (χ2n) is 8.37. The van der Waals surface area contributed by atoms with Gasteiger partial charge >= 0.3 is 0 Å². The number of carbonyl (C=O) groups excluding carboxylic acids is 1. The summed E-state index contributed by atoms with van der Waals surface area (Å²) < 4.78 is 5.54. The van der Waals surface area contributed by atoms with Gasteiger partial charge in [-0.05, 0) is 17.9 Å². The Morgan fingerprint density at radius 1 is 1.07 bits per heavy atom. The molecule has 0 radical (unpaired) electrons. The third-order valence-electron chi connectivity index (χ3n) is 4.36. The van der Waals surface area contributed by atoms with Crippen molar-refractivity contribution in [3.8, 4) is 11.4 Å². The first-order valence-corrected chi connectivity index (χ1v) is 9.54. The lowest BCUT2D eigenvalue weighted by atomic mass is 9.91. The first-order chi connectivity index (χ1) is 13.3. The predicted octanol–water partition coefficient (Wildman–Crippen LogP) is 4.88. The summed E-state index contributed by atoms with van der Waals surface area (Å²) >= 11 is 0. The molecule has 1 N–H and O–H groups in total. The molecule has 1 aromatic heterocycles. The molecule has 1 unspecified atom stereocenters. The molecule has 0 aliphatic carbocycles. The van der Waals surface area contributed by atoms with E-state index in [0.29, 0.717) is 24.6 Å². The van der Waals surface area contributed by atoms with Crippen LogP contribution in [0.5, 0.6) is 0 Å². The molecule has 0 aliphatic heterocycles. The van der Waals surface area contributed by atoms with E-state index in [2.05, 4.69) is 15.5 Å². The monoisotopic (exact) mass is 377 g/mol. The largest absolute Gasteiger partial charge is 0.344 e. The van der Waals surface area contributed by atoms with Crippen LogP contribution in [0.4, 0.5) is 0 Å². The van der Waals surface area contributed by atoms with Gasteiger partial charge in [-0.2, -0.15) is 4.98 Å². The standard InChI is InChI=1S/C23H27N3O2/c1-16-10-12-18(13-11-16)21-25-22(28-26-21)19(14-17-8-6-5-7-9-17)24-20(27)15-23(2,3)4/h5-13,19H,14-15H2,1-4H3,(H,24,27). The molecule has 3 aromatic rings. The predicted molar refractivity (Wildman–Crippen MR) is 110 cm³/mol. The molecule has 0 spiro atoms. The fraction of sp³-hybridized carbons (Fsp3) is 0.348. The van der Waals surface area contributed by atoms with Crippen LogP contribution < -0.4 is 5.32 Å². The van der Waals surface area contributed by atoms with Crippen molar-refractivity contribution < 1.29 is 9.32 Å². The smallest absolute Gasteiger partial charge is 0.249 e. The zero-order valence-electron chi connectivity index (χ0n) is 16.9. The minimum Gasteiger partial charge on any atom is -0.344 e. The van der Waals surface area contributed by atoms with Gasteiger partial charge in [0.2, 0.25) is 17.6 Å². The van der Waals surface area contributed by atoms with E-state index in [-0.39, 0.29) is 17.4 Å². The number of hydrogen-bond donors (Lipinski definition) is 1. The van der Waals surface area contributed by atoms with Gasteiger partial charge in [-0.25, -0.2) is 0 Å². The number of nitrogens with one attached hydrogen (secondary N) is 1. The van der Waals surface area contributed by atoms with Crippen LogP contribution in [-0.4, -0.2) is 16.0 Å². The van der Waals surface area contributed by atoms with Crippen LogP contribution in [0.15, 0.2) is 59.1 Å². The zero-order valence-corrected chi connectivity index (χ0v) is 16.9. The number of rotatable bonds is 6. The zero-order chi connectivity index (χ0) is 20.1. The van der Waals surface area contributed by atoms with Crippen molar-refractivity contribution >= 4 is 5.91 Å². The van der Waals surface area contributed by atoms with Crippen molar-refractivity contribution in [3.05, 3.63) is 71.6 Å². The molecular formula is C23H27N3O2. The average molecular weight is 377 g/mol. The first-order valence-electron chi connectivity index (χ1n) is 9.54. The molecule has 2 aromatic carbocycles. The number of amides is 1. The maximum absolute atomic E-state index is 12.5. The molecule has 3 rings (SSSR count). The number of nitrogens with zero attached hydrogens (tertiary/aromatic N) is 2. The Balaban J connectivity index is 1.83. The van der Waals surface area contributed by atoms with Gasteiger partial charge in [-0.3, -0.25) is 4.79 Å². The van der Waals surface area contributed by atoms with Crippen molar-refractivity contribution in [3.63, 3.8) is 0 Å². The van der Waals surface area contributed by atoms with E-state index >= 15 is 0 Å². The van der Waals surface area contributed by atoms with E-state index in [1.54, 1.807) is 0 Å². The van der Waals surface area contributed by atoms with Crippen molar-refractivity contribution in [2.75, 3.05) is 0 Å². The van der Waals surface area contributed by atoms with Crippen LogP contribution in [0.25, 0.3) is 11.4 Å². The van der Waals surface area contributed by atoms with Gasteiger partial charge in [-0.15, -0.1) is 0 Å². The third kappa shape index (κ3) is 5.52. The van der Waals surface area contributed by atoms with Crippen LogP contribution in [0.1, 0.15) is 50.3 Å². The molecule has 0 saturated carbocycles. The second kappa shape index (κ2) is 8.38. The summed E-state index contributed by atoms with van der Waals surface area (Å²) in [4.78, 5) is 17.1. The van der Waals surface area contributed by atoms with Crippen LogP contribution in [0.2, 0.25) is 0 Å². The molecule has 1 amide bonds. The Hall–Kier alpha value is -2.95. The lowest BCUT2D eigenvalue weighted by molar-refractivity contribution is -0.123. The second-order valence-corrected chi connectivity index (χ2v) is 8.37. The van der Waals surface area contributed by atoms with Crippen molar-refractivity contribution in [1.29, 1.82) is 0 Å². The molecular weight excluding hydrogens is 350 g/mol. The van der Waals surface area contributed by atoms with E-state index in [9.17, 15) is 4.79 Å². The summed E-state index contributed by atoms with van der Waals surface area (Å²) in [5, 5.41) is 7.20. The van der Waals surface area contributed by atoms with Crippen LogP contribution in [0, 0.1) is 12.3 Å². The summed E-state index contributed by atoms with van der Waals surface area (Å²) in [5.41, 5.74) is 3.06. The Bertz CT molecular complexity index is 909. The number of aryl methyl sites for hydroxylation is 1. The molecule has 146 valence electrons. The quantitative estimate of drug-likeness (QED) is 0.665. The van der Waals surface area contributed by atoms with Gasteiger partial charge in [0.05, 0.1) is 0 Å². The molecule has 28 heavy (non-hydrogen) atoms. The molecule has 0 bridgehead atoms. The summed E-state index contributed by atoms with van der Waals surface area (Å²) in [6, 6.07) is 17.6. The Labute approximate surface area is 166 Å². The van der Waals surface area contributed by atoms with Crippen molar-refractivity contribution in [1.82, 2.24) is 15.5 Å². The van der Waals surface area contributed by atoms with Crippen LogP contribution in [-0.2, 0) is 11.2 Å². The highest BCUT2D eigenvalue weighted by molar-refractivity contribution is 5.77. The average Bonchev–Trinajstić information content (AvgIpc) is 3.11. The topological polar surface area (TPSA) is 68.0 Å². The summed E-state index contributed by atoms with van der Waals surface area (Å²) in [6.45, 7) is 8.16. The van der Waals surface area contributed by atoms with Crippen molar-refractivity contribution in [2.24, 2.45) is 5.41 Å². The molecule has 0 saturated heterocycles. The molecule has 0 aliphatic rings. The lowest BCUT2D eigenvalue weighted by Gasteiger charge is -2.20. The maximum atomic E-state index is 12.5. The van der Waals surface area contributed by atoms with Crippen molar-refractivity contribution in [2.45, 2.75) is 46.6 Å². The minimum absolute atomic E-state index is 0.0245. The van der Waals surface area contributed by atoms with Gasteiger partial charge in [-0.1, -0.05) is 86.1 Å². The van der Waals surface area contributed by atoms with Crippen LogP contribution >= 0.6 is 0 Å². The summed E-state index contributed by atoms with van der Waals surface area (Å²) in [6.07, 6.45) is 1.02. The Morgan fingerprint density at radius 3 is 2.39 bits per heavy atom. The van der Waals surface area contributed by atoms with Gasteiger partial charge in [0, 0.05) is 18.4 Å². The van der Waals surface area contributed by atoms with E-state index in [1.807, 2.05) is 82.3 Å². The van der Waals surface area contributed by atoms with Crippen LogP contribution in [0.3, 0.4) is 0 Å². The highest BCUT2D eigenvalue weighted by Gasteiger charge is 2.24. The van der Waals surface area contributed by atoms with E-state index in [0.717, 1.165) is 11.1 Å². The SMILES string of the molecule is Cc1ccc(-c2noc(C(Cc3ccccc3)NC(=O)CC(C)(C)C)n2)cc1. The maximum Gasteiger partial charge on any atom is 0.249 e. The van der Waals surface area contributed by atoms with E-state index in [1.165, 1.54) is 5.56 Å². The van der Waals surface area contributed by atoms with Gasteiger partial charge < -0.3 is 9.84 Å². The molecule has 5 nitrogen and oxygen atoms in total. The number of benzene rings is 2. The first kappa shape index (κ1) is 19.8. The van der Waals surface area contributed by atoms with Gasteiger partial charge in [0.1, 0.15) is 6.04 Å². The Kier molecular flexibility index (Phi) is 5.93. The third-order valence-corrected chi connectivity index (χ3v) is 4.36. The van der Waals surface area contributed by atoms with Gasteiger partial charge in [0.25, 0.3) is 0 Å². The molecule has 5 heteroatoms. The highest BCUT2D eigenvalue weighted by atomic mass is 16.5. The highest BCUT2D eigenvalue weighted by Crippen LogP contribution is 2.24. The minimum atomic E-state index is -0.371. The molecule has 0 fully saturated rings. The lowest BCUT2D eigenvalue weighted by Crippen LogP contribution is -2.32. The van der Waals surface area contributed by atoms with E-state index < -0.39 is 0 Å². The number of aromatic nitrogens is 2. The molecule has 1 heterocycles.